The molecule has 1 heterocycles. The van der Waals surface area contributed by atoms with Gasteiger partial charge in [-0.15, -0.1) is 0 Å². The number of quaternary nitrogens is 1. The van der Waals surface area contributed by atoms with Gasteiger partial charge in [0.05, 0.1) is 35.1 Å². The van der Waals surface area contributed by atoms with Crippen LogP contribution >= 0.6 is 0 Å². The summed E-state index contributed by atoms with van der Waals surface area (Å²) in [6.45, 7) is -1.08. The fourth-order valence-corrected chi connectivity index (χ4v) is 3.52. The van der Waals surface area contributed by atoms with Gasteiger partial charge < -0.3 is 45.3 Å². The van der Waals surface area contributed by atoms with Crippen LogP contribution in [0.15, 0.2) is 0 Å². The molecule has 27 heavy (non-hydrogen) atoms. The Hall–Kier alpha value is -0.410. The second-order valence-corrected chi connectivity index (χ2v) is 8.36. The van der Waals surface area contributed by atoms with Crippen LogP contribution in [0.3, 0.4) is 0 Å². The third-order valence-electron chi connectivity index (χ3n) is 4.43. The van der Waals surface area contributed by atoms with Crippen LogP contribution in [0.4, 0.5) is 0 Å². The molecule has 2 rings (SSSR count). The van der Waals surface area contributed by atoms with Gasteiger partial charge in [-0.3, -0.25) is 0 Å². The average Bonchev–Trinajstić information content (AvgIpc) is 2.61. The zero-order valence-corrected chi connectivity index (χ0v) is 15.9. The summed E-state index contributed by atoms with van der Waals surface area (Å²) < 4.78 is 41.7. The molecule has 0 amide bonds. The Morgan fingerprint density at radius 3 is 2.15 bits per heavy atom. The van der Waals surface area contributed by atoms with E-state index in [0.29, 0.717) is 0 Å². The first-order chi connectivity index (χ1) is 12.5. The van der Waals surface area contributed by atoms with E-state index in [4.69, 9.17) is 19.7 Å². The van der Waals surface area contributed by atoms with Gasteiger partial charge in [0.2, 0.25) is 0 Å². The summed E-state index contributed by atoms with van der Waals surface area (Å²) in [5.41, 5.74) is 4.00. The largest absolute Gasteiger partial charge is 0.748 e. The Morgan fingerprint density at radius 1 is 1.11 bits per heavy atom. The minimum atomic E-state index is -4.73. The number of aliphatic hydroxyl groups is 5. The maximum Gasteiger partial charge on any atom is 0.186 e. The summed E-state index contributed by atoms with van der Waals surface area (Å²) in [5, 5.41) is 46.3. The van der Waals surface area contributed by atoms with Crippen LogP contribution < -0.4 is 5.73 Å². The molecule has 1 aliphatic carbocycles. The molecular weight excluding hydrogens is 386 g/mol. The lowest BCUT2D eigenvalue weighted by Crippen LogP contribution is -2.61. The molecule has 12 heteroatoms. The van der Waals surface area contributed by atoms with Crippen LogP contribution in [0.1, 0.15) is 32.1 Å². The fourth-order valence-electron chi connectivity index (χ4n) is 2.84. The Balaban J connectivity index is 0.000000433. The van der Waals surface area contributed by atoms with Crippen molar-refractivity contribution in [3.63, 3.8) is 0 Å². The number of hydrogen-bond donors (Lipinski definition) is 6. The SMILES string of the molecule is O=S(=O)([O-])C[C@H]1O[C@H](OC[C@H](O)CO)[C@H](O)[C@@H](O)[C@@H]1O.[NH3+]C1CCCCC1. The van der Waals surface area contributed by atoms with E-state index in [2.05, 4.69) is 5.73 Å². The molecule has 11 nitrogen and oxygen atoms in total. The summed E-state index contributed by atoms with van der Waals surface area (Å²) >= 11 is 0. The van der Waals surface area contributed by atoms with Crippen molar-refractivity contribution in [2.45, 2.75) is 75.0 Å². The van der Waals surface area contributed by atoms with Gasteiger partial charge in [-0.2, -0.15) is 0 Å². The first kappa shape index (κ1) is 24.6. The molecule has 2 fully saturated rings. The van der Waals surface area contributed by atoms with Gasteiger partial charge in [-0.25, -0.2) is 8.42 Å². The Morgan fingerprint density at radius 2 is 1.70 bits per heavy atom. The first-order valence-corrected chi connectivity index (χ1v) is 10.5. The van der Waals surface area contributed by atoms with E-state index in [1.807, 2.05) is 0 Å². The van der Waals surface area contributed by atoms with Crippen LogP contribution in [-0.4, -0.2) is 100 Å². The van der Waals surface area contributed by atoms with Crippen LogP contribution in [-0.2, 0) is 19.6 Å². The lowest BCUT2D eigenvalue weighted by atomic mass is 9.97. The Labute approximate surface area is 158 Å². The van der Waals surface area contributed by atoms with E-state index < -0.39 is 65.9 Å². The molecule has 0 unspecified atom stereocenters. The number of rotatable bonds is 6. The van der Waals surface area contributed by atoms with Gasteiger partial charge in [-0.1, -0.05) is 6.42 Å². The third-order valence-corrected chi connectivity index (χ3v) is 5.16. The second kappa shape index (κ2) is 11.6. The minimum Gasteiger partial charge on any atom is -0.748 e. The topological polar surface area (TPSA) is 204 Å². The molecule has 0 aromatic carbocycles. The van der Waals surface area contributed by atoms with Crippen molar-refractivity contribution in [1.82, 2.24) is 0 Å². The van der Waals surface area contributed by atoms with Crippen LogP contribution in [0.5, 0.6) is 0 Å². The molecule has 0 spiro atoms. The molecule has 1 aliphatic heterocycles. The zero-order valence-electron chi connectivity index (χ0n) is 15.1. The van der Waals surface area contributed by atoms with Gasteiger partial charge in [0.25, 0.3) is 0 Å². The van der Waals surface area contributed by atoms with E-state index in [1.165, 1.54) is 32.1 Å². The molecule has 6 atom stereocenters. The maximum absolute atomic E-state index is 10.6. The van der Waals surface area contributed by atoms with Gasteiger partial charge in [-0.05, 0) is 25.7 Å². The molecular formula is C15H31NO10S. The van der Waals surface area contributed by atoms with Gasteiger partial charge >= 0.3 is 0 Å². The molecule has 2 aliphatic rings. The summed E-state index contributed by atoms with van der Waals surface area (Å²) in [7, 11) is -4.73. The lowest BCUT2D eigenvalue weighted by molar-refractivity contribution is -0.425. The first-order valence-electron chi connectivity index (χ1n) is 8.92. The highest BCUT2D eigenvalue weighted by Crippen LogP contribution is 2.23. The highest BCUT2D eigenvalue weighted by molar-refractivity contribution is 7.85. The van der Waals surface area contributed by atoms with Crippen molar-refractivity contribution in [3.8, 4) is 0 Å². The molecule has 0 aromatic heterocycles. The predicted molar refractivity (Wildman–Crippen MR) is 90.1 cm³/mol. The third kappa shape index (κ3) is 9.09. The highest BCUT2D eigenvalue weighted by atomic mass is 32.2. The Kier molecular flexibility index (Phi) is 10.5. The van der Waals surface area contributed by atoms with Gasteiger partial charge in [0.1, 0.15) is 30.5 Å². The molecule has 1 saturated carbocycles. The van der Waals surface area contributed by atoms with E-state index in [-0.39, 0.29) is 0 Å². The fraction of sp³-hybridized carbons (Fsp3) is 1.00. The van der Waals surface area contributed by atoms with Crippen molar-refractivity contribution in [3.05, 3.63) is 0 Å². The van der Waals surface area contributed by atoms with Crippen molar-refractivity contribution < 1.29 is 53.7 Å². The summed E-state index contributed by atoms with van der Waals surface area (Å²) in [6, 6.07) is 0.786. The standard InChI is InChI=1S/C9H18O10S.C6H13N/c10-1-4(11)2-18-9-8(14)7(13)6(12)5(19-9)3-20(15,16)17;7-6-4-2-1-3-5-6/h4-14H,1-3H2,(H,15,16,17);6H,1-5,7H2/t4-,5-,6-,7+,8-,9+;/m1./s1. The molecule has 162 valence electrons. The van der Waals surface area contributed by atoms with E-state index in [0.717, 1.165) is 6.04 Å². The quantitative estimate of drug-likeness (QED) is 0.233. The number of ether oxygens (including phenoxy) is 2. The van der Waals surface area contributed by atoms with Crippen molar-refractivity contribution >= 4 is 10.1 Å². The predicted octanol–water partition coefficient (Wildman–Crippen LogP) is -3.73. The zero-order chi connectivity index (χ0) is 20.6. The molecule has 0 aromatic rings. The molecule has 1 saturated heterocycles. The monoisotopic (exact) mass is 417 g/mol. The average molecular weight is 417 g/mol. The Bertz CT molecular complexity index is 513. The number of aliphatic hydroxyl groups excluding tert-OH is 5. The van der Waals surface area contributed by atoms with Crippen LogP contribution in [0.2, 0.25) is 0 Å². The highest BCUT2D eigenvalue weighted by Gasteiger charge is 2.44. The van der Waals surface area contributed by atoms with E-state index in [1.54, 1.807) is 0 Å². The second-order valence-electron chi connectivity index (χ2n) is 6.91. The molecule has 0 radical (unpaired) electrons. The normalized spacial score (nSPS) is 33.8. The maximum atomic E-state index is 10.6. The van der Waals surface area contributed by atoms with Crippen LogP contribution in [0, 0.1) is 0 Å². The van der Waals surface area contributed by atoms with Crippen molar-refractivity contribution in [1.29, 1.82) is 0 Å². The van der Waals surface area contributed by atoms with E-state index in [9.17, 15) is 28.3 Å². The summed E-state index contributed by atoms with van der Waals surface area (Å²) in [4.78, 5) is 0. The molecule has 0 bridgehead atoms. The van der Waals surface area contributed by atoms with Crippen molar-refractivity contribution in [2.75, 3.05) is 19.0 Å². The number of hydrogen-bond acceptors (Lipinski definition) is 10. The van der Waals surface area contributed by atoms with Crippen molar-refractivity contribution in [2.24, 2.45) is 0 Å². The minimum absolute atomic E-state index is 0.460. The van der Waals surface area contributed by atoms with Crippen LogP contribution in [0.25, 0.3) is 0 Å². The smallest absolute Gasteiger partial charge is 0.186 e. The van der Waals surface area contributed by atoms with Gasteiger partial charge in [0, 0.05) is 0 Å². The van der Waals surface area contributed by atoms with E-state index >= 15 is 0 Å². The lowest BCUT2D eigenvalue weighted by Gasteiger charge is -2.40. The molecule has 8 N–H and O–H groups in total. The summed E-state index contributed by atoms with van der Waals surface area (Å²) in [5.74, 6) is -1.11. The summed E-state index contributed by atoms with van der Waals surface area (Å²) in [6.07, 6.45) is -2.62. The van der Waals surface area contributed by atoms with Gasteiger partial charge in [0.15, 0.2) is 6.29 Å².